The number of carbonyl (C=O) groups is 1. The number of nitrogens with zero attached hydrogens (tertiary/aromatic N) is 1. The topological polar surface area (TPSA) is 55.6 Å². The minimum Gasteiger partial charge on any atom is -0.484 e. The molecule has 1 aliphatic carbocycles. The minimum atomic E-state index is -0.468. The average molecular weight is 433 g/mol. The van der Waals surface area contributed by atoms with Gasteiger partial charge in [0.15, 0.2) is 6.61 Å². The SMILES string of the molecule is NC(=O)COc1ccc2c(c1)C(Cc1ccc(Cl)c(Cl)c1)C(N1CCCC1)CC2. The number of benzene rings is 2. The summed E-state index contributed by atoms with van der Waals surface area (Å²) in [6.07, 6.45) is 5.64. The van der Waals surface area contributed by atoms with E-state index >= 15 is 0 Å². The predicted octanol–water partition coefficient (Wildman–Crippen LogP) is 4.59. The molecule has 1 fully saturated rings. The first-order valence-electron chi connectivity index (χ1n) is 10.2. The Morgan fingerprint density at radius 1 is 1.10 bits per heavy atom. The van der Waals surface area contributed by atoms with Crippen molar-refractivity contribution in [3.63, 3.8) is 0 Å². The molecule has 2 N–H and O–H groups in total. The smallest absolute Gasteiger partial charge is 0.255 e. The summed E-state index contributed by atoms with van der Waals surface area (Å²) in [4.78, 5) is 13.8. The van der Waals surface area contributed by atoms with E-state index in [2.05, 4.69) is 23.1 Å². The number of ether oxygens (including phenoxy) is 1. The Morgan fingerprint density at radius 3 is 2.62 bits per heavy atom. The van der Waals surface area contributed by atoms with Crippen LogP contribution in [0.3, 0.4) is 0 Å². The Hall–Kier alpha value is -1.75. The normalized spacial score (nSPS) is 21.7. The van der Waals surface area contributed by atoms with Gasteiger partial charge in [-0.05, 0) is 86.1 Å². The molecule has 1 aliphatic heterocycles. The second-order valence-electron chi connectivity index (χ2n) is 8.02. The summed E-state index contributed by atoms with van der Waals surface area (Å²) in [6, 6.07) is 12.6. The number of hydrogen-bond donors (Lipinski definition) is 1. The Morgan fingerprint density at radius 2 is 1.90 bits per heavy atom. The van der Waals surface area contributed by atoms with Crippen molar-refractivity contribution in [3.8, 4) is 5.75 Å². The molecule has 6 heteroatoms. The van der Waals surface area contributed by atoms with Crippen molar-refractivity contribution in [2.75, 3.05) is 19.7 Å². The van der Waals surface area contributed by atoms with Gasteiger partial charge in [0.25, 0.3) is 5.91 Å². The summed E-state index contributed by atoms with van der Waals surface area (Å²) in [6.45, 7) is 2.22. The van der Waals surface area contributed by atoms with Crippen LogP contribution in [0.25, 0.3) is 0 Å². The first kappa shape index (κ1) is 20.5. The maximum Gasteiger partial charge on any atom is 0.255 e. The molecule has 1 heterocycles. The minimum absolute atomic E-state index is 0.105. The molecule has 1 amide bonds. The van der Waals surface area contributed by atoms with Gasteiger partial charge in [-0.2, -0.15) is 0 Å². The van der Waals surface area contributed by atoms with Crippen molar-refractivity contribution >= 4 is 29.1 Å². The van der Waals surface area contributed by atoms with E-state index in [1.165, 1.54) is 29.5 Å². The standard InChI is InChI=1S/C23H26Cl2N2O2/c24-20-7-3-15(12-21(20)25)11-19-18-13-17(29-14-23(26)28)6-4-16(18)5-8-22(19)27-9-1-2-10-27/h3-4,6-7,12-13,19,22H,1-2,5,8-11,14H2,(H2,26,28). The zero-order valence-electron chi connectivity index (χ0n) is 16.4. The van der Waals surface area contributed by atoms with Crippen LogP contribution in [0.15, 0.2) is 36.4 Å². The van der Waals surface area contributed by atoms with Crippen molar-refractivity contribution in [3.05, 3.63) is 63.1 Å². The fourth-order valence-corrected chi connectivity index (χ4v) is 5.10. The summed E-state index contributed by atoms with van der Waals surface area (Å²) in [7, 11) is 0. The van der Waals surface area contributed by atoms with E-state index in [0.717, 1.165) is 32.4 Å². The molecule has 29 heavy (non-hydrogen) atoms. The third-order valence-corrected chi connectivity index (χ3v) is 6.86. The lowest BCUT2D eigenvalue weighted by Crippen LogP contribution is -2.41. The summed E-state index contributed by atoms with van der Waals surface area (Å²) in [5, 5.41) is 1.18. The van der Waals surface area contributed by atoms with E-state index in [0.29, 0.717) is 27.8 Å². The Bertz CT molecular complexity index is 896. The van der Waals surface area contributed by atoms with Crippen LogP contribution in [0.5, 0.6) is 5.75 Å². The van der Waals surface area contributed by atoms with E-state index in [1.807, 2.05) is 18.2 Å². The highest BCUT2D eigenvalue weighted by molar-refractivity contribution is 6.42. The van der Waals surface area contributed by atoms with Crippen molar-refractivity contribution < 1.29 is 9.53 Å². The first-order chi connectivity index (χ1) is 14.0. The second kappa shape index (κ2) is 8.95. The lowest BCUT2D eigenvalue weighted by molar-refractivity contribution is -0.119. The molecule has 2 atom stereocenters. The largest absolute Gasteiger partial charge is 0.484 e. The number of hydrogen-bond acceptors (Lipinski definition) is 3. The number of rotatable bonds is 6. The van der Waals surface area contributed by atoms with Crippen LogP contribution >= 0.6 is 23.2 Å². The maximum absolute atomic E-state index is 11.1. The number of carbonyl (C=O) groups excluding carboxylic acids is 1. The molecule has 2 aromatic rings. The van der Waals surface area contributed by atoms with E-state index in [9.17, 15) is 4.79 Å². The highest BCUT2D eigenvalue weighted by Gasteiger charge is 2.35. The monoisotopic (exact) mass is 432 g/mol. The molecular formula is C23H26Cl2N2O2. The highest BCUT2D eigenvalue weighted by atomic mass is 35.5. The van der Waals surface area contributed by atoms with Crippen molar-refractivity contribution in [1.29, 1.82) is 0 Å². The molecule has 0 aromatic heterocycles. The molecule has 4 nitrogen and oxygen atoms in total. The van der Waals surface area contributed by atoms with Crippen LogP contribution in [-0.4, -0.2) is 36.5 Å². The van der Waals surface area contributed by atoms with E-state index in [-0.39, 0.29) is 6.61 Å². The van der Waals surface area contributed by atoms with Gasteiger partial charge in [-0.15, -0.1) is 0 Å². The third kappa shape index (κ3) is 4.71. The molecule has 0 bridgehead atoms. The molecule has 0 radical (unpaired) electrons. The van der Waals surface area contributed by atoms with Crippen LogP contribution in [-0.2, 0) is 17.6 Å². The quantitative estimate of drug-likeness (QED) is 0.725. The summed E-state index contributed by atoms with van der Waals surface area (Å²) in [5.74, 6) is 0.569. The van der Waals surface area contributed by atoms with Gasteiger partial charge in [-0.3, -0.25) is 9.69 Å². The Labute approximate surface area is 181 Å². The Balaban J connectivity index is 1.67. The molecule has 4 rings (SSSR count). The van der Waals surface area contributed by atoms with Crippen molar-refractivity contribution in [2.45, 2.75) is 44.1 Å². The fraction of sp³-hybridized carbons (Fsp3) is 0.435. The molecule has 0 spiro atoms. The maximum atomic E-state index is 11.1. The van der Waals surface area contributed by atoms with E-state index < -0.39 is 5.91 Å². The molecule has 0 saturated carbocycles. The molecule has 1 saturated heterocycles. The van der Waals surface area contributed by atoms with Crippen LogP contribution in [0.4, 0.5) is 0 Å². The Kier molecular flexibility index (Phi) is 6.33. The molecule has 2 aliphatic rings. The lowest BCUT2D eigenvalue weighted by Gasteiger charge is -2.39. The number of amides is 1. The van der Waals surface area contributed by atoms with Crippen LogP contribution in [0.2, 0.25) is 10.0 Å². The predicted molar refractivity (Wildman–Crippen MR) is 117 cm³/mol. The molecule has 2 unspecified atom stereocenters. The zero-order chi connectivity index (χ0) is 20.4. The summed E-state index contributed by atoms with van der Waals surface area (Å²) < 4.78 is 5.60. The van der Waals surface area contributed by atoms with Gasteiger partial charge >= 0.3 is 0 Å². The molecule has 154 valence electrons. The fourth-order valence-electron chi connectivity index (χ4n) is 4.78. The highest BCUT2D eigenvalue weighted by Crippen LogP contribution is 2.40. The number of likely N-dealkylation sites (tertiary alicyclic amines) is 1. The van der Waals surface area contributed by atoms with Gasteiger partial charge in [0, 0.05) is 12.0 Å². The van der Waals surface area contributed by atoms with Crippen molar-refractivity contribution in [1.82, 2.24) is 4.90 Å². The number of primary amides is 1. The van der Waals surface area contributed by atoms with Crippen LogP contribution < -0.4 is 10.5 Å². The van der Waals surface area contributed by atoms with Crippen LogP contribution in [0.1, 0.15) is 41.9 Å². The number of fused-ring (bicyclic) bond motifs is 1. The van der Waals surface area contributed by atoms with E-state index in [1.54, 1.807) is 0 Å². The van der Waals surface area contributed by atoms with Gasteiger partial charge in [-0.25, -0.2) is 0 Å². The second-order valence-corrected chi connectivity index (χ2v) is 8.84. The van der Waals surface area contributed by atoms with Crippen LogP contribution in [0, 0.1) is 0 Å². The van der Waals surface area contributed by atoms with Crippen molar-refractivity contribution in [2.24, 2.45) is 5.73 Å². The first-order valence-corrected chi connectivity index (χ1v) is 11.0. The van der Waals surface area contributed by atoms with E-state index in [4.69, 9.17) is 33.7 Å². The molecular weight excluding hydrogens is 407 g/mol. The van der Waals surface area contributed by atoms with Gasteiger partial charge in [-0.1, -0.05) is 35.3 Å². The third-order valence-electron chi connectivity index (χ3n) is 6.12. The number of halogens is 2. The number of aryl methyl sites for hydroxylation is 1. The summed E-state index contributed by atoms with van der Waals surface area (Å²) >= 11 is 12.4. The van der Waals surface area contributed by atoms with Gasteiger partial charge in [0.2, 0.25) is 0 Å². The van der Waals surface area contributed by atoms with Gasteiger partial charge in [0.05, 0.1) is 10.0 Å². The lowest BCUT2D eigenvalue weighted by atomic mass is 9.75. The van der Waals surface area contributed by atoms with Gasteiger partial charge < -0.3 is 10.5 Å². The average Bonchev–Trinajstić information content (AvgIpc) is 3.24. The zero-order valence-corrected chi connectivity index (χ0v) is 17.9. The molecule has 2 aromatic carbocycles. The number of nitrogens with two attached hydrogens (primary N) is 1. The summed E-state index contributed by atoms with van der Waals surface area (Å²) in [5.41, 5.74) is 9.09. The van der Waals surface area contributed by atoms with Gasteiger partial charge in [0.1, 0.15) is 5.75 Å².